The summed E-state index contributed by atoms with van der Waals surface area (Å²) < 4.78 is 5.28. The highest BCUT2D eigenvalue weighted by atomic mass is 16.5. The maximum absolute atomic E-state index is 12.1. The molecule has 0 radical (unpaired) electrons. The minimum absolute atomic E-state index is 0.139. The molecule has 0 saturated heterocycles. The van der Waals surface area contributed by atoms with Crippen molar-refractivity contribution in [2.24, 2.45) is 0 Å². The number of nitrogens with one attached hydrogen (secondary N) is 1. The van der Waals surface area contributed by atoms with Crippen LogP contribution in [0.4, 0.5) is 4.79 Å². The van der Waals surface area contributed by atoms with Crippen LogP contribution in [0.1, 0.15) is 42.9 Å². The van der Waals surface area contributed by atoms with Gasteiger partial charge in [-0.2, -0.15) is 0 Å². The number of carboxylic acids is 1. The Morgan fingerprint density at radius 1 is 0.960 bits per heavy atom. The van der Waals surface area contributed by atoms with Crippen LogP contribution in [0.5, 0.6) is 0 Å². The summed E-state index contributed by atoms with van der Waals surface area (Å²) in [4.78, 5) is 22.7. The molecule has 25 heavy (non-hydrogen) atoms. The molecule has 0 fully saturated rings. The Hall–Kier alpha value is -2.82. The molecule has 0 aromatic heterocycles. The molecule has 1 amide bonds. The van der Waals surface area contributed by atoms with E-state index in [-0.39, 0.29) is 19.1 Å². The van der Waals surface area contributed by atoms with Crippen LogP contribution in [-0.2, 0) is 16.1 Å². The van der Waals surface area contributed by atoms with Crippen molar-refractivity contribution in [1.29, 1.82) is 0 Å². The molecule has 132 valence electrons. The number of amides is 1. The van der Waals surface area contributed by atoms with Crippen LogP contribution in [-0.4, -0.2) is 17.2 Å². The number of carboxylic acid groups (broad SMARTS) is 1. The highest BCUT2D eigenvalue weighted by Gasteiger charge is 2.15. The second kappa shape index (κ2) is 10.1. The molecule has 0 aliphatic heterocycles. The fourth-order valence-corrected chi connectivity index (χ4v) is 2.54. The van der Waals surface area contributed by atoms with E-state index < -0.39 is 12.1 Å². The molecule has 1 atom stereocenters. The number of hydrogen-bond acceptors (Lipinski definition) is 3. The first-order chi connectivity index (χ1) is 12.1. The lowest BCUT2D eigenvalue weighted by Gasteiger charge is -2.19. The van der Waals surface area contributed by atoms with Gasteiger partial charge in [-0.3, -0.25) is 4.79 Å². The van der Waals surface area contributed by atoms with E-state index in [0.29, 0.717) is 19.3 Å². The predicted molar refractivity (Wildman–Crippen MR) is 95.0 cm³/mol. The summed E-state index contributed by atoms with van der Waals surface area (Å²) in [6, 6.07) is 18.9. The Morgan fingerprint density at radius 3 is 2.24 bits per heavy atom. The van der Waals surface area contributed by atoms with Crippen molar-refractivity contribution >= 4 is 12.1 Å². The third-order valence-corrected chi connectivity index (χ3v) is 3.84. The first-order valence-corrected chi connectivity index (χ1v) is 8.39. The van der Waals surface area contributed by atoms with Gasteiger partial charge in [0.2, 0.25) is 0 Å². The van der Waals surface area contributed by atoms with Gasteiger partial charge < -0.3 is 15.2 Å². The van der Waals surface area contributed by atoms with Crippen molar-refractivity contribution in [2.75, 3.05) is 0 Å². The Morgan fingerprint density at radius 2 is 1.60 bits per heavy atom. The van der Waals surface area contributed by atoms with E-state index in [2.05, 4.69) is 5.32 Å². The van der Waals surface area contributed by atoms with Crippen molar-refractivity contribution in [3.05, 3.63) is 71.8 Å². The van der Waals surface area contributed by atoms with Gasteiger partial charge in [0.25, 0.3) is 0 Å². The average Bonchev–Trinajstić information content (AvgIpc) is 2.64. The van der Waals surface area contributed by atoms with Gasteiger partial charge in [-0.15, -0.1) is 0 Å². The number of rotatable bonds is 9. The summed E-state index contributed by atoms with van der Waals surface area (Å²) in [6.07, 6.45) is 1.62. The molecule has 2 N–H and O–H groups in total. The summed E-state index contributed by atoms with van der Waals surface area (Å²) in [7, 11) is 0. The summed E-state index contributed by atoms with van der Waals surface area (Å²) in [5.41, 5.74) is 1.91. The Labute approximate surface area is 147 Å². The van der Waals surface area contributed by atoms with E-state index in [0.717, 1.165) is 11.1 Å². The minimum Gasteiger partial charge on any atom is -0.481 e. The molecule has 0 saturated carbocycles. The zero-order valence-corrected chi connectivity index (χ0v) is 14.1. The van der Waals surface area contributed by atoms with E-state index >= 15 is 0 Å². The lowest BCUT2D eigenvalue weighted by atomic mass is 10.0. The normalized spacial score (nSPS) is 11.5. The van der Waals surface area contributed by atoms with Gasteiger partial charge in [-0.25, -0.2) is 4.79 Å². The molecule has 0 heterocycles. The SMILES string of the molecule is O=C(O)CCCCC(NC(=O)OCc1ccccc1)c1ccccc1. The van der Waals surface area contributed by atoms with Gasteiger partial charge >= 0.3 is 12.1 Å². The zero-order valence-electron chi connectivity index (χ0n) is 14.1. The van der Waals surface area contributed by atoms with Gasteiger partial charge in [-0.1, -0.05) is 67.1 Å². The highest BCUT2D eigenvalue weighted by molar-refractivity contribution is 5.68. The van der Waals surface area contributed by atoms with Crippen LogP contribution >= 0.6 is 0 Å². The van der Waals surface area contributed by atoms with Crippen molar-refractivity contribution in [3.8, 4) is 0 Å². The van der Waals surface area contributed by atoms with Gasteiger partial charge in [0.15, 0.2) is 0 Å². The molecule has 0 aliphatic rings. The van der Waals surface area contributed by atoms with Crippen LogP contribution in [0.25, 0.3) is 0 Å². The standard InChI is InChI=1S/C20H23NO4/c22-19(23)14-8-7-13-18(17-11-5-2-6-12-17)21-20(24)25-15-16-9-3-1-4-10-16/h1-6,9-12,18H,7-8,13-15H2,(H,21,24)(H,22,23). The van der Waals surface area contributed by atoms with Crippen molar-refractivity contribution in [3.63, 3.8) is 0 Å². The van der Waals surface area contributed by atoms with E-state index in [1.165, 1.54) is 0 Å². The number of aliphatic carboxylic acids is 1. The third-order valence-electron chi connectivity index (χ3n) is 3.84. The van der Waals surface area contributed by atoms with E-state index in [4.69, 9.17) is 9.84 Å². The summed E-state index contributed by atoms with van der Waals surface area (Å²) in [5, 5.41) is 11.6. The topological polar surface area (TPSA) is 75.6 Å². The number of carbonyl (C=O) groups is 2. The largest absolute Gasteiger partial charge is 0.481 e. The van der Waals surface area contributed by atoms with Crippen LogP contribution in [0.2, 0.25) is 0 Å². The smallest absolute Gasteiger partial charge is 0.407 e. The number of ether oxygens (including phenoxy) is 1. The first-order valence-electron chi connectivity index (χ1n) is 8.39. The Bertz CT molecular complexity index is 658. The van der Waals surface area contributed by atoms with Crippen molar-refractivity contribution in [2.45, 2.75) is 38.3 Å². The van der Waals surface area contributed by atoms with Gasteiger partial charge in [0, 0.05) is 6.42 Å². The minimum atomic E-state index is -0.800. The predicted octanol–water partition coefficient (Wildman–Crippen LogP) is 4.30. The Kier molecular flexibility index (Phi) is 7.50. The average molecular weight is 341 g/mol. The molecule has 5 heteroatoms. The fraction of sp³-hybridized carbons (Fsp3) is 0.300. The molecule has 0 bridgehead atoms. The quantitative estimate of drug-likeness (QED) is 0.667. The highest BCUT2D eigenvalue weighted by Crippen LogP contribution is 2.20. The van der Waals surface area contributed by atoms with Gasteiger partial charge in [0.1, 0.15) is 6.61 Å². The Balaban J connectivity index is 1.88. The maximum atomic E-state index is 12.1. The second-order valence-corrected chi connectivity index (χ2v) is 5.81. The summed E-state index contributed by atoms with van der Waals surface area (Å²) in [5.74, 6) is -0.800. The summed E-state index contributed by atoms with van der Waals surface area (Å²) >= 11 is 0. The number of hydrogen-bond donors (Lipinski definition) is 2. The molecule has 2 aromatic carbocycles. The maximum Gasteiger partial charge on any atom is 0.407 e. The number of carbonyl (C=O) groups excluding carboxylic acids is 1. The van der Waals surface area contributed by atoms with Crippen molar-refractivity contribution < 1.29 is 19.4 Å². The molecule has 5 nitrogen and oxygen atoms in total. The molecule has 0 aliphatic carbocycles. The van der Waals surface area contributed by atoms with Crippen LogP contribution in [0, 0.1) is 0 Å². The fourth-order valence-electron chi connectivity index (χ4n) is 2.54. The third kappa shape index (κ3) is 7.08. The number of alkyl carbamates (subject to hydrolysis) is 1. The summed E-state index contributed by atoms with van der Waals surface area (Å²) in [6.45, 7) is 0.215. The first kappa shape index (κ1) is 18.5. The molecule has 0 spiro atoms. The second-order valence-electron chi connectivity index (χ2n) is 5.81. The van der Waals surface area contributed by atoms with Crippen molar-refractivity contribution in [1.82, 2.24) is 5.32 Å². The molecular weight excluding hydrogens is 318 g/mol. The monoisotopic (exact) mass is 341 g/mol. The number of benzene rings is 2. The van der Waals surface area contributed by atoms with Gasteiger partial charge in [-0.05, 0) is 24.0 Å². The molecule has 2 rings (SSSR count). The lowest BCUT2D eigenvalue weighted by molar-refractivity contribution is -0.137. The van der Waals surface area contributed by atoms with Gasteiger partial charge in [0.05, 0.1) is 6.04 Å². The van der Waals surface area contributed by atoms with E-state index in [1.54, 1.807) is 0 Å². The van der Waals surface area contributed by atoms with Crippen LogP contribution in [0.3, 0.4) is 0 Å². The van der Waals surface area contributed by atoms with Crippen LogP contribution in [0.15, 0.2) is 60.7 Å². The zero-order chi connectivity index (χ0) is 17.9. The molecule has 1 unspecified atom stereocenters. The van der Waals surface area contributed by atoms with E-state index in [9.17, 15) is 9.59 Å². The molecular formula is C20H23NO4. The van der Waals surface area contributed by atoms with E-state index in [1.807, 2.05) is 60.7 Å². The number of unbranched alkanes of at least 4 members (excludes halogenated alkanes) is 1. The molecule has 2 aromatic rings. The van der Waals surface area contributed by atoms with Crippen LogP contribution < -0.4 is 5.32 Å². The lowest BCUT2D eigenvalue weighted by Crippen LogP contribution is -2.29.